The molecule has 0 radical (unpaired) electrons. The van der Waals surface area contributed by atoms with Crippen LogP contribution >= 0.6 is 0 Å². The number of hydrogen-bond donors (Lipinski definition) is 2. The van der Waals surface area contributed by atoms with Crippen LogP contribution in [-0.4, -0.2) is 101 Å². The first-order chi connectivity index (χ1) is 50.0. The third-order valence-electron chi connectivity index (χ3n) is 22.3. The number of hydrogen-bond acceptors (Lipinski definition) is 11. The number of nitrogens with one attached hydrogen (secondary N) is 1. The van der Waals surface area contributed by atoms with E-state index in [0.29, 0.717) is 76.7 Å². The Morgan fingerprint density at radius 2 is 0.883 bits per heavy atom. The monoisotopic (exact) mass is 1400 g/mol. The third-order valence-corrected chi connectivity index (χ3v) is 22.3. The van der Waals surface area contributed by atoms with Gasteiger partial charge in [0.15, 0.2) is 0 Å². The predicted molar refractivity (Wildman–Crippen MR) is 398 cm³/mol. The summed E-state index contributed by atoms with van der Waals surface area (Å²) < 4.78 is 49.3. The Morgan fingerprint density at radius 3 is 1.28 bits per heavy atom. The zero-order valence-electron chi connectivity index (χ0n) is 60.9. The summed E-state index contributed by atoms with van der Waals surface area (Å²) in [4.78, 5) is 54.5. The van der Waals surface area contributed by atoms with E-state index in [1.807, 2.05) is 128 Å². The zero-order chi connectivity index (χ0) is 71.9. The summed E-state index contributed by atoms with van der Waals surface area (Å²) in [5.41, 5.74) is 12.6. The molecular formula is C85H108F2N10O6. The smallest absolute Gasteiger partial charge is 0.407 e. The molecule has 4 heterocycles. The van der Waals surface area contributed by atoms with E-state index in [1.165, 1.54) is 88.5 Å². The SMILES string of the molecule is CC(C)(C)OC(=O)N[C@@H](CC[C@H](Cc1ccc(F)cc1)C(=O)N1CCC(Cn2cncn2)(C2CCCCC2)CC1)Cc1ccc(OCc2ccccc2)cc1.N[C@@H](CC[C@H](Cc1ccc(F)cc1)C(=O)N1CCC(Cn2cncn2)(C2CCCCC2)CC1)Cc1ccc(OCc2ccccc2)cc1. The van der Waals surface area contributed by atoms with E-state index in [4.69, 9.17) is 19.9 Å². The Morgan fingerprint density at radius 1 is 0.495 bits per heavy atom. The maximum absolute atomic E-state index is 14.6. The van der Waals surface area contributed by atoms with Crippen LogP contribution in [0.5, 0.6) is 11.5 Å². The minimum Gasteiger partial charge on any atom is -0.489 e. The van der Waals surface area contributed by atoms with Crippen LogP contribution in [0, 0.1) is 46.1 Å². The Labute approximate surface area is 608 Å². The largest absolute Gasteiger partial charge is 0.489 e. The molecule has 3 N–H and O–H groups in total. The molecule has 4 fully saturated rings. The number of amides is 3. The normalized spacial score (nSPS) is 17.6. The average Bonchev–Trinajstić information content (AvgIpc) is 1.56. The second-order valence-electron chi connectivity index (χ2n) is 30.8. The van der Waals surface area contributed by atoms with Crippen molar-refractivity contribution in [3.8, 4) is 11.5 Å². The molecule has 103 heavy (non-hydrogen) atoms. The number of rotatable bonds is 29. The zero-order valence-corrected chi connectivity index (χ0v) is 60.9. The topological polar surface area (TPSA) is 185 Å². The number of likely N-dealkylation sites (tertiary alicyclic amines) is 2. The summed E-state index contributed by atoms with van der Waals surface area (Å²) >= 11 is 0. The molecule has 16 nitrogen and oxygen atoms in total. The standard InChI is InChI=1S/C45H58FN5O4.C40H50FN5O2/c1-44(2,3)55-43(53)49-40(29-35-16-22-41(23-17-35)54-30-36-10-6-4-7-11-36)21-18-37(28-34-14-19-39(46)20-15-34)42(52)50-26-24-45(25-27-50,31-51-33-47-32-48-51)38-12-8-5-9-13-38;41-36-16-11-31(12-17-36)25-34(15-18-37(42)26-32-13-19-38(20-14-32)48-27-33-7-3-1-4-8-33)39(47)45-23-21-40(22-24-45,28-46-30-43-29-44-46)35-9-5-2-6-10-35/h4,6-7,10-11,14-17,19-20,22-23,32-33,37-38,40H,5,8-9,12-13,18,21,24-31H2,1-3H3,(H,49,53);1,3-4,7-8,11-14,16-17,19-20,29-30,34-35,37H,2,5-6,9-10,15,18,21-28,42H2/t37-,40+;34-,37+/m11/s1. The molecule has 2 aliphatic heterocycles. The quantitative estimate of drug-likeness (QED) is 0.0455. The van der Waals surface area contributed by atoms with Crippen molar-refractivity contribution in [2.75, 3.05) is 26.2 Å². The van der Waals surface area contributed by atoms with Gasteiger partial charge in [-0.05, 0) is 228 Å². The number of aromatic nitrogens is 6. The van der Waals surface area contributed by atoms with E-state index in [9.17, 15) is 23.2 Å². The van der Waals surface area contributed by atoms with Gasteiger partial charge in [0.25, 0.3) is 0 Å². The van der Waals surface area contributed by atoms with Gasteiger partial charge in [-0.2, -0.15) is 10.2 Å². The maximum atomic E-state index is 14.6. The van der Waals surface area contributed by atoms with Crippen LogP contribution in [0.3, 0.4) is 0 Å². The van der Waals surface area contributed by atoms with Crippen molar-refractivity contribution in [3.63, 3.8) is 0 Å². The molecule has 2 aliphatic carbocycles. The number of nitrogens with zero attached hydrogens (tertiary/aromatic N) is 8. The number of alkyl carbamates (subject to hydrolysis) is 1. The molecule has 12 rings (SSSR count). The van der Waals surface area contributed by atoms with Crippen LogP contribution in [0.15, 0.2) is 183 Å². The number of benzene rings is 6. The molecule has 0 bridgehead atoms. The fourth-order valence-corrected chi connectivity index (χ4v) is 16.5. The van der Waals surface area contributed by atoms with Gasteiger partial charge in [-0.25, -0.2) is 23.5 Å². The van der Waals surface area contributed by atoms with Gasteiger partial charge >= 0.3 is 6.09 Å². The summed E-state index contributed by atoms with van der Waals surface area (Å²) in [7, 11) is 0. The second-order valence-corrected chi connectivity index (χ2v) is 30.8. The highest BCUT2D eigenvalue weighted by atomic mass is 19.1. The van der Waals surface area contributed by atoms with Crippen molar-refractivity contribution in [2.24, 2.45) is 40.2 Å². The molecule has 2 aromatic heterocycles. The molecular weight excluding hydrogens is 1290 g/mol. The van der Waals surface area contributed by atoms with Gasteiger partial charge in [-0.15, -0.1) is 0 Å². The van der Waals surface area contributed by atoms with Gasteiger partial charge in [0.1, 0.15) is 67.3 Å². The van der Waals surface area contributed by atoms with Crippen molar-refractivity contribution < 1.29 is 37.4 Å². The summed E-state index contributed by atoms with van der Waals surface area (Å²) in [6, 6.07) is 49.0. The van der Waals surface area contributed by atoms with E-state index in [1.54, 1.807) is 36.9 Å². The summed E-state index contributed by atoms with van der Waals surface area (Å²) in [5.74, 6) is 2.10. The predicted octanol–water partition coefficient (Wildman–Crippen LogP) is 16.4. The van der Waals surface area contributed by atoms with Gasteiger partial charge in [0.2, 0.25) is 11.8 Å². The van der Waals surface area contributed by atoms with Gasteiger partial charge < -0.3 is 35.1 Å². The fourth-order valence-electron chi connectivity index (χ4n) is 16.5. The van der Waals surface area contributed by atoms with Crippen molar-refractivity contribution in [3.05, 3.63) is 228 Å². The second kappa shape index (κ2) is 37.1. The lowest BCUT2D eigenvalue weighted by molar-refractivity contribution is -0.140. The molecule has 3 amide bonds. The van der Waals surface area contributed by atoms with Crippen molar-refractivity contribution >= 4 is 17.9 Å². The minimum absolute atomic E-state index is 0.0763. The average molecular weight is 1400 g/mol. The minimum atomic E-state index is -0.650. The Kier molecular flexibility index (Phi) is 27.1. The van der Waals surface area contributed by atoms with Crippen molar-refractivity contribution in [2.45, 2.75) is 206 Å². The van der Waals surface area contributed by atoms with Gasteiger partial charge in [0.05, 0.1) is 0 Å². The summed E-state index contributed by atoms with van der Waals surface area (Å²) in [6.07, 6.45) is 27.8. The first kappa shape index (κ1) is 75.4. The van der Waals surface area contributed by atoms with Crippen LogP contribution in [0.25, 0.3) is 0 Å². The lowest BCUT2D eigenvalue weighted by Crippen LogP contribution is -2.50. The Hall–Kier alpha value is -8.77. The number of ether oxygens (including phenoxy) is 3. The number of halogens is 2. The molecule has 4 atom stereocenters. The Bertz CT molecular complexity index is 3790. The molecule has 2 saturated carbocycles. The van der Waals surface area contributed by atoms with E-state index >= 15 is 0 Å². The van der Waals surface area contributed by atoms with Crippen LogP contribution in [0.2, 0.25) is 0 Å². The summed E-state index contributed by atoms with van der Waals surface area (Å²) in [6.45, 7) is 11.2. The van der Waals surface area contributed by atoms with Crippen LogP contribution in [0.1, 0.15) is 170 Å². The van der Waals surface area contributed by atoms with E-state index < -0.39 is 11.7 Å². The van der Waals surface area contributed by atoms with Crippen LogP contribution in [0.4, 0.5) is 13.6 Å². The highest BCUT2D eigenvalue weighted by molar-refractivity contribution is 5.80. The highest BCUT2D eigenvalue weighted by Gasteiger charge is 2.46. The third kappa shape index (κ3) is 22.9. The number of piperidine rings is 2. The molecule has 4 aliphatic rings. The maximum Gasteiger partial charge on any atom is 0.407 e. The Balaban J connectivity index is 0.000000208. The molecule has 548 valence electrons. The van der Waals surface area contributed by atoms with Gasteiger partial charge in [-0.3, -0.25) is 19.0 Å². The molecule has 0 spiro atoms. The van der Waals surface area contributed by atoms with E-state index in [2.05, 4.69) is 59.5 Å². The summed E-state index contributed by atoms with van der Waals surface area (Å²) in [5, 5.41) is 12.1. The van der Waals surface area contributed by atoms with Crippen molar-refractivity contribution in [1.82, 2.24) is 44.6 Å². The fraction of sp³-hybridized carbons (Fsp3) is 0.494. The lowest BCUT2D eigenvalue weighted by atomic mass is 9.63. The van der Waals surface area contributed by atoms with E-state index in [0.717, 1.165) is 110 Å². The first-order valence-corrected chi connectivity index (χ1v) is 38.0. The first-order valence-electron chi connectivity index (χ1n) is 38.0. The van der Waals surface area contributed by atoms with Crippen molar-refractivity contribution in [1.29, 1.82) is 0 Å². The molecule has 2 saturated heterocycles. The van der Waals surface area contributed by atoms with Crippen LogP contribution in [-0.2, 0) is 66.3 Å². The van der Waals surface area contributed by atoms with Gasteiger partial charge in [-0.1, -0.05) is 148 Å². The molecule has 8 aromatic rings. The van der Waals surface area contributed by atoms with Gasteiger partial charge in [0, 0.05) is 63.2 Å². The number of carbonyl (C=O) groups excluding carboxylic acids is 3. The lowest BCUT2D eigenvalue weighted by Gasteiger charge is -2.48. The highest BCUT2D eigenvalue weighted by Crippen LogP contribution is 2.49. The number of carbonyl (C=O) groups is 3. The molecule has 18 heteroatoms. The molecule has 0 unspecified atom stereocenters. The number of nitrogens with two attached hydrogens (primary N) is 1. The van der Waals surface area contributed by atoms with E-state index in [-0.39, 0.29) is 58.2 Å². The molecule has 6 aromatic carbocycles. The van der Waals surface area contributed by atoms with Crippen LogP contribution < -0.4 is 20.5 Å².